The van der Waals surface area contributed by atoms with Crippen LogP contribution in [-0.4, -0.2) is 14.6 Å². The number of nitrogens with two attached hydrogens (primary N) is 1. The van der Waals surface area contributed by atoms with Gasteiger partial charge in [-0.1, -0.05) is 18.2 Å². The molecule has 104 valence electrons. The predicted octanol–water partition coefficient (Wildman–Crippen LogP) is 2.70. The second-order valence-corrected chi connectivity index (χ2v) is 6.20. The summed E-state index contributed by atoms with van der Waals surface area (Å²) in [5.41, 5.74) is 4.12. The van der Waals surface area contributed by atoms with Gasteiger partial charge in [0.25, 0.3) is 0 Å². The van der Waals surface area contributed by atoms with Gasteiger partial charge in [0.05, 0.1) is 10.6 Å². The highest BCUT2D eigenvalue weighted by molar-refractivity contribution is 7.89. The minimum atomic E-state index is -3.65. The number of sulfonamides is 1. The van der Waals surface area contributed by atoms with Crippen molar-refractivity contribution in [2.45, 2.75) is 18.7 Å². The minimum absolute atomic E-state index is 0.0858. The van der Waals surface area contributed by atoms with Crippen LogP contribution in [-0.2, 0) is 10.0 Å². The zero-order chi connectivity index (χ0) is 14.8. The molecule has 4 nitrogen and oxygen atoms in total. The molecule has 0 atom stereocenters. The Kier molecular flexibility index (Phi) is 4.01. The summed E-state index contributed by atoms with van der Waals surface area (Å²) in [6.07, 6.45) is 1.75. The van der Waals surface area contributed by atoms with Crippen LogP contribution >= 0.6 is 0 Å². The van der Waals surface area contributed by atoms with Crippen LogP contribution in [0.1, 0.15) is 16.7 Å². The summed E-state index contributed by atoms with van der Waals surface area (Å²) in [7, 11) is -3.65. The normalized spacial score (nSPS) is 11.9. The molecule has 0 fully saturated rings. The third-order valence-corrected chi connectivity index (χ3v) is 3.99. The molecule has 0 spiro atoms. The number of aliphatic imine (C=N–C) groups is 1. The lowest BCUT2D eigenvalue weighted by Gasteiger charge is -2.01. The van der Waals surface area contributed by atoms with E-state index in [-0.39, 0.29) is 4.90 Å². The molecule has 0 aliphatic heterocycles. The summed E-state index contributed by atoms with van der Waals surface area (Å²) in [4.78, 5) is 4.40. The van der Waals surface area contributed by atoms with E-state index in [1.54, 1.807) is 18.3 Å². The average molecular weight is 288 g/mol. The molecule has 0 heterocycles. The molecule has 0 aliphatic rings. The minimum Gasteiger partial charge on any atom is -0.256 e. The van der Waals surface area contributed by atoms with E-state index >= 15 is 0 Å². The first-order valence-electron chi connectivity index (χ1n) is 6.10. The Morgan fingerprint density at radius 1 is 1.00 bits per heavy atom. The fourth-order valence-corrected chi connectivity index (χ4v) is 2.23. The van der Waals surface area contributed by atoms with Crippen LogP contribution in [0.4, 0.5) is 5.69 Å². The molecular weight excluding hydrogens is 272 g/mol. The van der Waals surface area contributed by atoms with Crippen molar-refractivity contribution in [3.63, 3.8) is 0 Å². The molecule has 2 aromatic carbocycles. The van der Waals surface area contributed by atoms with Crippen molar-refractivity contribution in [1.82, 2.24) is 0 Å². The standard InChI is InChI=1S/C15H16N2O2S/c1-11-3-4-13(9-12(11)2)10-17-14-5-7-15(8-6-14)20(16,18)19/h3-10H,1-2H3,(H2,16,18,19)/b17-10+. The van der Waals surface area contributed by atoms with Crippen LogP contribution in [0, 0.1) is 13.8 Å². The fourth-order valence-electron chi connectivity index (χ4n) is 1.72. The van der Waals surface area contributed by atoms with Gasteiger partial charge in [-0.3, -0.25) is 4.99 Å². The van der Waals surface area contributed by atoms with Gasteiger partial charge in [-0.15, -0.1) is 0 Å². The third-order valence-electron chi connectivity index (χ3n) is 3.06. The second-order valence-electron chi connectivity index (χ2n) is 4.64. The number of aryl methyl sites for hydroxylation is 2. The van der Waals surface area contributed by atoms with Crippen LogP contribution in [0.15, 0.2) is 52.4 Å². The van der Waals surface area contributed by atoms with Crippen molar-refractivity contribution in [2.75, 3.05) is 0 Å². The van der Waals surface area contributed by atoms with E-state index in [2.05, 4.69) is 18.0 Å². The van der Waals surface area contributed by atoms with Crippen molar-refractivity contribution in [2.24, 2.45) is 10.1 Å². The maximum atomic E-state index is 11.1. The van der Waals surface area contributed by atoms with Crippen molar-refractivity contribution in [1.29, 1.82) is 0 Å². The van der Waals surface area contributed by atoms with E-state index in [1.165, 1.54) is 23.3 Å². The zero-order valence-electron chi connectivity index (χ0n) is 11.4. The van der Waals surface area contributed by atoms with Crippen molar-refractivity contribution >= 4 is 21.9 Å². The molecule has 5 heteroatoms. The lowest BCUT2D eigenvalue weighted by Crippen LogP contribution is -2.11. The lowest BCUT2D eigenvalue weighted by atomic mass is 10.1. The van der Waals surface area contributed by atoms with Gasteiger partial charge in [-0.25, -0.2) is 13.6 Å². The Labute approximate surface area is 119 Å². The molecule has 0 saturated carbocycles. The predicted molar refractivity (Wildman–Crippen MR) is 81.0 cm³/mol. The summed E-state index contributed by atoms with van der Waals surface area (Å²) in [5, 5.41) is 5.04. The summed E-state index contributed by atoms with van der Waals surface area (Å²) in [5.74, 6) is 0. The molecule has 0 aliphatic carbocycles. The second kappa shape index (κ2) is 5.56. The fraction of sp³-hybridized carbons (Fsp3) is 0.133. The summed E-state index contributed by atoms with van der Waals surface area (Å²) < 4.78 is 22.3. The Morgan fingerprint density at radius 2 is 1.65 bits per heavy atom. The number of nitrogens with zero attached hydrogens (tertiary/aromatic N) is 1. The van der Waals surface area contributed by atoms with Gasteiger partial charge in [-0.2, -0.15) is 0 Å². The largest absolute Gasteiger partial charge is 0.256 e. The molecule has 2 aromatic rings. The summed E-state index contributed by atoms with van der Waals surface area (Å²) in [6, 6.07) is 12.2. The monoisotopic (exact) mass is 288 g/mol. The molecule has 0 aromatic heterocycles. The average Bonchev–Trinajstić information content (AvgIpc) is 2.40. The number of hydrogen-bond acceptors (Lipinski definition) is 3. The van der Waals surface area contributed by atoms with Crippen molar-refractivity contribution < 1.29 is 8.42 Å². The zero-order valence-corrected chi connectivity index (χ0v) is 12.2. The van der Waals surface area contributed by atoms with Gasteiger partial charge in [0.2, 0.25) is 10.0 Å². The first kappa shape index (κ1) is 14.4. The summed E-state index contributed by atoms with van der Waals surface area (Å²) in [6.45, 7) is 4.11. The topological polar surface area (TPSA) is 72.5 Å². The molecule has 0 amide bonds. The lowest BCUT2D eigenvalue weighted by molar-refractivity contribution is 0.598. The molecule has 2 rings (SSSR count). The smallest absolute Gasteiger partial charge is 0.238 e. The number of benzene rings is 2. The van der Waals surface area contributed by atoms with Crippen LogP contribution in [0.5, 0.6) is 0 Å². The van der Waals surface area contributed by atoms with Gasteiger partial charge >= 0.3 is 0 Å². The Balaban J connectivity index is 2.21. The van der Waals surface area contributed by atoms with Crippen molar-refractivity contribution in [3.8, 4) is 0 Å². The van der Waals surface area contributed by atoms with E-state index in [4.69, 9.17) is 5.14 Å². The van der Waals surface area contributed by atoms with Crippen LogP contribution in [0.2, 0.25) is 0 Å². The molecule has 0 saturated heterocycles. The number of hydrogen-bond donors (Lipinski definition) is 1. The van der Waals surface area contributed by atoms with E-state index in [9.17, 15) is 8.42 Å². The maximum Gasteiger partial charge on any atom is 0.238 e. The van der Waals surface area contributed by atoms with Crippen LogP contribution in [0.25, 0.3) is 0 Å². The molecule has 0 bridgehead atoms. The van der Waals surface area contributed by atoms with Gasteiger partial charge in [-0.05, 0) is 54.8 Å². The van der Waals surface area contributed by atoms with Gasteiger partial charge in [0.15, 0.2) is 0 Å². The molecular formula is C15H16N2O2S. The third kappa shape index (κ3) is 3.53. The SMILES string of the molecule is Cc1ccc(/C=N/c2ccc(S(N)(=O)=O)cc2)cc1C. The van der Waals surface area contributed by atoms with Crippen molar-refractivity contribution in [3.05, 3.63) is 59.2 Å². The number of primary sulfonamides is 1. The molecule has 0 radical (unpaired) electrons. The van der Waals surface area contributed by atoms with E-state index in [0.29, 0.717) is 5.69 Å². The van der Waals surface area contributed by atoms with Crippen LogP contribution < -0.4 is 5.14 Å². The highest BCUT2D eigenvalue weighted by atomic mass is 32.2. The maximum absolute atomic E-state index is 11.1. The Bertz CT molecular complexity index is 748. The van der Waals surface area contributed by atoms with E-state index < -0.39 is 10.0 Å². The molecule has 0 unspecified atom stereocenters. The van der Waals surface area contributed by atoms with Gasteiger partial charge in [0, 0.05) is 6.21 Å². The van der Waals surface area contributed by atoms with E-state index in [1.807, 2.05) is 19.1 Å². The van der Waals surface area contributed by atoms with Crippen LogP contribution in [0.3, 0.4) is 0 Å². The molecule has 20 heavy (non-hydrogen) atoms. The van der Waals surface area contributed by atoms with Gasteiger partial charge in [0.1, 0.15) is 0 Å². The number of rotatable bonds is 3. The highest BCUT2D eigenvalue weighted by Crippen LogP contribution is 2.16. The first-order chi connectivity index (χ1) is 9.36. The summed E-state index contributed by atoms with van der Waals surface area (Å²) >= 11 is 0. The highest BCUT2D eigenvalue weighted by Gasteiger charge is 2.05. The first-order valence-corrected chi connectivity index (χ1v) is 7.65. The van der Waals surface area contributed by atoms with Gasteiger partial charge < -0.3 is 0 Å². The van der Waals surface area contributed by atoms with E-state index in [0.717, 1.165) is 5.56 Å². The quantitative estimate of drug-likeness (QED) is 0.882. The Hall–Kier alpha value is -1.98. The molecule has 2 N–H and O–H groups in total. The Morgan fingerprint density at radius 3 is 2.20 bits per heavy atom.